The normalized spacial score (nSPS) is 37.7. The molecule has 0 amide bonds. The smallest absolute Gasteiger partial charge is 0.0837 e. The van der Waals surface area contributed by atoms with E-state index < -0.39 is 0 Å². The van der Waals surface area contributed by atoms with Crippen LogP contribution in [-0.4, -0.2) is 36.6 Å². The summed E-state index contributed by atoms with van der Waals surface area (Å²) in [6, 6.07) is 0. The molecule has 1 saturated carbocycles. The van der Waals surface area contributed by atoms with Gasteiger partial charge in [-0.05, 0) is 44.4 Å². The molecule has 2 fully saturated rings. The predicted molar refractivity (Wildman–Crippen MR) is 71.6 cm³/mol. The van der Waals surface area contributed by atoms with Gasteiger partial charge in [-0.25, -0.2) is 0 Å². The first-order valence-electron chi connectivity index (χ1n) is 7.71. The fraction of sp³-hybridized carbons (Fsp3) is 1.00. The summed E-state index contributed by atoms with van der Waals surface area (Å²) in [5, 5.41) is 10.0. The number of hydrogen-bond donors (Lipinski definition) is 1. The molecule has 1 aliphatic carbocycles. The minimum absolute atomic E-state index is 0.0424. The van der Waals surface area contributed by atoms with Gasteiger partial charge in [0.1, 0.15) is 0 Å². The lowest BCUT2D eigenvalue weighted by atomic mass is 9.83. The first-order chi connectivity index (χ1) is 8.79. The minimum atomic E-state index is -0.262. The Kier molecular flexibility index (Phi) is 5.93. The van der Waals surface area contributed by atoms with E-state index in [1.54, 1.807) is 0 Å². The molecule has 4 atom stereocenters. The second-order valence-corrected chi connectivity index (χ2v) is 5.90. The lowest BCUT2D eigenvalue weighted by Gasteiger charge is -2.34. The monoisotopic (exact) mass is 256 g/mol. The summed E-state index contributed by atoms with van der Waals surface area (Å²) >= 11 is 0. The van der Waals surface area contributed by atoms with Crippen LogP contribution < -0.4 is 0 Å². The second kappa shape index (κ2) is 7.46. The molecular weight excluding hydrogens is 228 g/mol. The zero-order valence-electron chi connectivity index (χ0n) is 11.6. The molecule has 0 spiro atoms. The summed E-state index contributed by atoms with van der Waals surface area (Å²) in [5.74, 6) is 0.746. The summed E-state index contributed by atoms with van der Waals surface area (Å²) in [5.41, 5.74) is 0. The fourth-order valence-corrected chi connectivity index (χ4v) is 3.22. The van der Waals surface area contributed by atoms with Crippen molar-refractivity contribution in [1.82, 2.24) is 0 Å². The third-order valence-corrected chi connectivity index (χ3v) is 4.33. The second-order valence-electron chi connectivity index (χ2n) is 5.90. The Morgan fingerprint density at radius 3 is 2.83 bits per heavy atom. The Labute approximate surface area is 111 Å². The largest absolute Gasteiger partial charge is 0.390 e. The summed E-state index contributed by atoms with van der Waals surface area (Å²) in [6.07, 6.45) is 9.19. The first-order valence-corrected chi connectivity index (χ1v) is 7.71. The molecule has 106 valence electrons. The molecule has 3 nitrogen and oxygen atoms in total. The van der Waals surface area contributed by atoms with E-state index in [1.165, 1.54) is 25.7 Å². The van der Waals surface area contributed by atoms with Crippen molar-refractivity contribution >= 4 is 0 Å². The molecule has 2 aliphatic rings. The first kappa shape index (κ1) is 14.3. The van der Waals surface area contributed by atoms with Crippen LogP contribution in [0.25, 0.3) is 0 Å². The van der Waals surface area contributed by atoms with E-state index >= 15 is 0 Å². The SMILES string of the molecule is CCCC1CCC(O)C(OCC2CCCCO2)C1. The van der Waals surface area contributed by atoms with Gasteiger partial charge in [0, 0.05) is 6.61 Å². The average Bonchev–Trinajstić information content (AvgIpc) is 2.41. The van der Waals surface area contributed by atoms with Gasteiger partial charge in [-0.1, -0.05) is 19.8 Å². The lowest BCUT2D eigenvalue weighted by molar-refractivity contribution is -0.112. The number of hydrogen-bond acceptors (Lipinski definition) is 3. The molecule has 1 heterocycles. The summed E-state index contributed by atoms with van der Waals surface area (Å²) in [6.45, 7) is 3.77. The highest BCUT2D eigenvalue weighted by Gasteiger charge is 2.30. The van der Waals surface area contributed by atoms with Crippen LogP contribution in [0.5, 0.6) is 0 Å². The van der Waals surface area contributed by atoms with Gasteiger partial charge in [-0.3, -0.25) is 0 Å². The lowest BCUT2D eigenvalue weighted by Crippen LogP contribution is -2.38. The molecule has 0 aromatic carbocycles. The molecule has 3 heteroatoms. The van der Waals surface area contributed by atoms with Gasteiger partial charge in [-0.2, -0.15) is 0 Å². The van der Waals surface area contributed by atoms with Crippen LogP contribution in [-0.2, 0) is 9.47 Å². The Morgan fingerprint density at radius 1 is 1.22 bits per heavy atom. The third-order valence-electron chi connectivity index (χ3n) is 4.33. The molecule has 0 aromatic heterocycles. The Morgan fingerprint density at radius 2 is 2.11 bits per heavy atom. The van der Waals surface area contributed by atoms with Crippen molar-refractivity contribution in [3.63, 3.8) is 0 Å². The van der Waals surface area contributed by atoms with E-state index in [0.717, 1.165) is 38.2 Å². The molecule has 1 N–H and O–H groups in total. The standard InChI is InChI=1S/C15H28O3/c1-2-5-12-7-8-14(16)15(10-12)18-11-13-6-3-4-9-17-13/h12-16H,2-11H2,1H3. The van der Waals surface area contributed by atoms with Crippen molar-refractivity contribution in [2.24, 2.45) is 5.92 Å². The maximum atomic E-state index is 10.0. The van der Waals surface area contributed by atoms with Crippen LogP contribution in [0, 0.1) is 5.92 Å². The van der Waals surface area contributed by atoms with Crippen LogP contribution in [0.15, 0.2) is 0 Å². The van der Waals surface area contributed by atoms with Crippen molar-refractivity contribution in [3.8, 4) is 0 Å². The molecule has 1 saturated heterocycles. The van der Waals surface area contributed by atoms with Crippen molar-refractivity contribution in [1.29, 1.82) is 0 Å². The maximum Gasteiger partial charge on any atom is 0.0837 e. The average molecular weight is 256 g/mol. The Bertz CT molecular complexity index is 226. The highest BCUT2D eigenvalue weighted by atomic mass is 16.5. The van der Waals surface area contributed by atoms with Gasteiger partial charge < -0.3 is 14.6 Å². The minimum Gasteiger partial charge on any atom is -0.390 e. The summed E-state index contributed by atoms with van der Waals surface area (Å²) < 4.78 is 11.6. The van der Waals surface area contributed by atoms with Crippen molar-refractivity contribution in [3.05, 3.63) is 0 Å². The number of ether oxygens (including phenoxy) is 2. The topological polar surface area (TPSA) is 38.7 Å². The van der Waals surface area contributed by atoms with Crippen molar-refractivity contribution in [2.75, 3.05) is 13.2 Å². The quantitative estimate of drug-likeness (QED) is 0.822. The summed E-state index contributed by atoms with van der Waals surface area (Å²) in [4.78, 5) is 0. The zero-order valence-corrected chi connectivity index (χ0v) is 11.6. The van der Waals surface area contributed by atoms with Gasteiger partial charge in [0.15, 0.2) is 0 Å². The van der Waals surface area contributed by atoms with Gasteiger partial charge in [-0.15, -0.1) is 0 Å². The molecule has 0 aromatic rings. The zero-order chi connectivity index (χ0) is 12.8. The molecule has 0 bridgehead atoms. The van der Waals surface area contributed by atoms with Crippen molar-refractivity contribution < 1.29 is 14.6 Å². The van der Waals surface area contributed by atoms with Crippen molar-refractivity contribution in [2.45, 2.75) is 76.6 Å². The predicted octanol–water partition coefficient (Wildman–Crippen LogP) is 2.90. The number of aliphatic hydroxyl groups is 1. The van der Waals surface area contributed by atoms with Crippen LogP contribution >= 0.6 is 0 Å². The van der Waals surface area contributed by atoms with Gasteiger partial charge in [0.2, 0.25) is 0 Å². The third kappa shape index (κ3) is 4.22. The van der Waals surface area contributed by atoms with E-state index in [-0.39, 0.29) is 18.3 Å². The van der Waals surface area contributed by atoms with Crippen LogP contribution in [0.2, 0.25) is 0 Å². The van der Waals surface area contributed by atoms with Gasteiger partial charge in [0.25, 0.3) is 0 Å². The van der Waals surface area contributed by atoms with E-state index in [9.17, 15) is 5.11 Å². The van der Waals surface area contributed by atoms with Crippen LogP contribution in [0.3, 0.4) is 0 Å². The molecule has 2 rings (SSSR count). The number of aliphatic hydroxyl groups excluding tert-OH is 1. The highest BCUT2D eigenvalue weighted by Crippen LogP contribution is 2.30. The summed E-state index contributed by atoms with van der Waals surface area (Å²) in [7, 11) is 0. The van der Waals surface area contributed by atoms with Gasteiger partial charge >= 0.3 is 0 Å². The molecule has 4 unspecified atom stereocenters. The fourth-order valence-electron chi connectivity index (χ4n) is 3.22. The Balaban J connectivity index is 1.72. The maximum absolute atomic E-state index is 10.0. The van der Waals surface area contributed by atoms with E-state index in [2.05, 4.69) is 6.92 Å². The molecule has 0 radical (unpaired) electrons. The Hall–Kier alpha value is -0.120. The highest BCUT2D eigenvalue weighted by molar-refractivity contribution is 4.81. The molecule has 1 aliphatic heterocycles. The van der Waals surface area contributed by atoms with Crippen LogP contribution in [0.4, 0.5) is 0 Å². The van der Waals surface area contributed by atoms with Crippen LogP contribution in [0.1, 0.15) is 58.3 Å². The molecular formula is C15H28O3. The van der Waals surface area contributed by atoms with E-state index in [0.29, 0.717) is 6.61 Å². The van der Waals surface area contributed by atoms with Gasteiger partial charge in [0.05, 0.1) is 24.9 Å². The molecule has 18 heavy (non-hydrogen) atoms. The van der Waals surface area contributed by atoms with E-state index in [4.69, 9.17) is 9.47 Å². The van der Waals surface area contributed by atoms with E-state index in [1.807, 2.05) is 0 Å². The number of rotatable bonds is 5.